The quantitative estimate of drug-likeness (QED) is 0.740. The van der Waals surface area contributed by atoms with E-state index in [0.29, 0.717) is 16.7 Å². The topological polar surface area (TPSA) is 98.0 Å². The fourth-order valence-electron chi connectivity index (χ4n) is 2.68. The lowest BCUT2D eigenvalue weighted by molar-refractivity contribution is -0.137. The molecular weight excluding hydrogens is 308 g/mol. The maximum atomic E-state index is 11.9. The van der Waals surface area contributed by atoms with Crippen LogP contribution in [0.5, 0.6) is 0 Å². The van der Waals surface area contributed by atoms with Crippen LogP contribution in [0.3, 0.4) is 0 Å². The average Bonchev–Trinajstić information content (AvgIpc) is 2.85. The van der Waals surface area contributed by atoms with Gasteiger partial charge in [0.25, 0.3) is 0 Å². The van der Waals surface area contributed by atoms with E-state index < -0.39 is 5.97 Å². The number of aryl methyl sites for hydroxylation is 2. The third kappa shape index (κ3) is 2.76. The van der Waals surface area contributed by atoms with Gasteiger partial charge in [0.05, 0.1) is 5.52 Å². The summed E-state index contributed by atoms with van der Waals surface area (Å²) in [5, 5.41) is 13.8. The van der Waals surface area contributed by atoms with E-state index in [1.807, 2.05) is 26.0 Å². The monoisotopic (exact) mass is 324 g/mol. The van der Waals surface area contributed by atoms with Gasteiger partial charge in [-0.25, -0.2) is 9.97 Å². The van der Waals surface area contributed by atoms with Crippen molar-refractivity contribution in [1.82, 2.24) is 19.7 Å². The standard InChI is InChI=1S/C17H16N4O3/c1-9-4-15-14(5-13(9)12-6-18-11(3)19-7-12)17(10(2)22)20-21(15)8-16(23)24/h4-7H,8H2,1-3H3,(H,23,24). The van der Waals surface area contributed by atoms with Crippen LogP contribution in [0.25, 0.3) is 22.0 Å². The highest BCUT2D eigenvalue weighted by molar-refractivity contribution is 6.06. The summed E-state index contributed by atoms with van der Waals surface area (Å²) in [5.74, 6) is -0.543. The smallest absolute Gasteiger partial charge is 0.325 e. The Morgan fingerprint density at radius 1 is 1.17 bits per heavy atom. The molecule has 0 unspecified atom stereocenters. The lowest BCUT2D eigenvalue weighted by Gasteiger charge is -2.07. The second-order valence-corrected chi connectivity index (χ2v) is 5.66. The van der Waals surface area contributed by atoms with Crippen molar-refractivity contribution in [2.75, 3.05) is 0 Å². The lowest BCUT2D eigenvalue weighted by Crippen LogP contribution is -2.10. The fourth-order valence-corrected chi connectivity index (χ4v) is 2.68. The molecule has 1 N–H and O–H groups in total. The maximum Gasteiger partial charge on any atom is 0.325 e. The number of nitrogens with zero attached hydrogens (tertiary/aromatic N) is 4. The third-order valence-corrected chi connectivity index (χ3v) is 3.81. The van der Waals surface area contributed by atoms with Crippen molar-refractivity contribution in [3.63, 3.8) is 0 Å². The van der Waals surface area contributed by atoms with Gasteiger partial charge in [0.15, 0.2) is 5.78 Å². The molecule has 122 valence electrons. The molecule has 2 aromatic heterocycles. The van der Waals surface area contributed by atoms with E-state index in [4.69, 9.17) is 5.11 Å². The third-order valence-electron chi connectivity index (χ3n) is 3.81. The van der Waals surface area contributed by atoms with E-state index >= 15 is 0 Å². The molecule has 0 saturated carbocycles. The van der Waals surface area contributed by atoms with Crippen LogP contribution >= 0.6 is 0 Å². The van der Waals surface area contributed by atoms with Gasteiger partial charge in [-0.05, 0) is 37.1 Å². The summed E-state index contributed by atoms with van der Waals surface area (Å²) in [4.78, 5) is 31.3. The molecule has 0 radical (unpaired) electrons. The summed E-state index contributed by atoms with van der Waals surface area (Å²) in [5.41, 5.74) is 3.54. The SMILES string of the molecule is CC(=O)c1nn(CC(=O)O)c2cc(C)c(-c3cnc(C)nc3)cc12. The number of carboxylic acid groups (broad SMARTS) is 1. The second kappa shape index (κ2) is 5.84. The molecule has 0 atom stereocenters. The van der Waals surface area contributed by atoms with E-state index in [-0.39, 0.29) is 18.0 Å². The molecule has 2 heterocycles. The number of carboxylic acids is 1. The molecule has 0 spiro atoms. The number of rotatable bonds is 4. The summed E-state index contributed by atoms with van der Waals surface area (Å²) in [6.45, 7) is 4.85. The Morgan fingerprint density at radius 3 is 2.42 bits per heavy atom. The Kier molecular flexibility index (Phi) is 3.84. The molecule has 0 amide bonds. The van der Waals surface area contributed by atoms with Crippen LogP contribution < -0.4 is 0 Å². The van der Waals surface area contributed by atoms with Crippen LogP contribution in [0, 0.1) is 13.8 Å². The van der Waals surface area contributed by atoms with Crippen molar-refractivity contribution in [2.45, 2.75) is 27.3 Å². The van der Waals surface area contributed by atoms with Crippen LogP contribution in [0.15, 0.2) is 24.5 Å². The largest absolute Gasteiger partial charge is 0.480 e. The molecule has 0 saturated heterocycles. The summed E-state index contributed by atoms with van der Waals surface area (Å²) in [6, 6.07) is 3.69. The van der Waals surface area contributed by atoms with Crippen molar-refractivity contribution in [2.24, 2.45) is 0 Å². The van der Waals surface area contributed by atoms with Crippen LogP contribution in [0.2, 0.25) is 0 Å². The maximum absolute atomic E-state index is 11.9. The number of aliphatic carboxylic acids is 1. The highest BCUT2D eigenvalue weighted by atomic mass is 16.4. The van der Waals surface area contributed by atoms with Crippen LogP contribution in [0.4, 0.5) is 0 Å². The lowest BCUT2D eigenvalue weighted by atomic mass is 9.99. The Morgan fingerprint density at radius 2 is 1.83 bits per heavy atom. The molecule has 0 aliphatic carbocycles. The van der Waals surface area contributed by atoms with Crippen LogP contribution in [-0.4, -0.2) is 36.6 Å². The molecule has 24 heavy (non-hydrogen) atoms. The summed E-state index contributed by atoms with van der Waals surface area (Å²) < 4.78 is 1.34. The van der Waals surface area contributed by atoms with E-state index in [9.17, 15) is 9.59 Å². The van der Waals surface area contributed by atoms with Crippen molar-refractivity contribution in [1.29, 1.82) is 0 Å². The molecule has 0 aliphatic heterocycles. The van der Waals surface area contributed by atoms with Crippen molar-refractivity contribution >= 4 is 22.7 Å². The van der Waals surface area contributed by atoms with Gasteiger partial charge in [0.1, 0.15) is 18.1 Å². The molecule has 3 aromatic rings. The highest BCUT2D eigenvalue weighted by Crippen LogP contribution is 2.29. The molecule has 0 fully saturated rings. The van der Waals surface area contributed by atoms with Crippen molar-refractivity contribution in [3.8, 4) is 11.1 Å². The van der Waals surface area contributed by atoms with Gasteiger partial charge in [0.2, 0.25) is 0 Å². The average molecular weight is 324 g/mol. The minimum atomic E-state index is -1.01. The van der Waals surface area contributed by atoms with Gasteiger partial charge >= 0.3 is 5.97 Å². The van der Waals surface area contributed by atoms with Gasteiger partial charge in [-0.2, -0.15) is 5.10 Å². The van der Waals surface area contributed by atoms with Crippen molar-refractivity contribution < 1.29 is 14.7 Å². The Balaban J connectivity index is 2.25. The number of benzene rings is 1. The van der Waals surface area contributed by atoms with Gasteiger partial charge in [-0.15, -0.1) is 0 Å². The number of hydrogen-bond donors (Lipinski definition) is 1. The molecule has 7 heteroatoms. The minimum absolute atomic E-state index is 0.209. The Labute approximate surface area is 138 Å². The zero-order valence-electron chi connectivity index (χ0n) is 13.6. The van der Waals surface area contributed by atoms with Gasteiger partial charge in [0, 0.05) is 30.3 Å². The van der Waals surface area contributed by atoms with E-state index in [1.54, 1.807) is 12.4 Å². The van der Waals surface area contributed by atoms with Gasteiger partial charge in [-0.3, -0.25) is 14.3 Å². The second-order valence-electron chi connectivity index (χ2n) is 5.66. The molecular formula is C17H16N4O3. The van der Waals surface area contributed by atoms with Gasteiger partial charge < -0.3 is 5.11 Å². The minimum Gasteiger partial charge on any atom is -0.480 e. The van der Waals surface area contributed by atoms with Crippen LogP contribution in [0.1, 0.15) is 28.8 Å². The number of Topliss-reactive ketones (excluding diaryl/α,β-unsaturated/α-hetero) is 1. The zero-order chi connectivity index (χ0) is 17.4. The first-order valence-corrected chi connectivity index (χ1v) is 7.39. The fraction of sp³-hybridized carbons (Fsp3) is 0.235. The number of aromatic nitrogens is 4. The normalized spacial score (nSPS) is 11.0. The van der Waals surface area contributed by atoms with Gasteiger partial charge in [-0.1, -0.05) is 0 Å². The predicted octanol–water partition coefficient (Wildman–Crippen LogP) is 2.40. The zero-order valence-corrected chi connectivity index (χ0v) is 13.6. The van der Waals surface area contributed by atoms with E-state index in [2.05, 4.69) is 15.1 Å². The molecule has 0 aliphatic rings. The first-order chi connectivity index (χ1) is 11.4. The Hall–Kier alpha value is -3.09. The first kappa shape index (κ1) is 15.8. The highest BCUT2D eigenvalue weighted by Gasteiger charge is 2.18. The molecule has 0 bridgehead atoms. The molecule has 7 nitrogen and oxygen atoms in total. The van der Waals surface area contributed by atoms with Crippen molar-refractivity contribution in [3.05, 3.63) is 41.6 Å². The van der Waals surface area contributed by atoms with E-state index in [1.165, 1.54) is 11.6 Å². The summed E-state index contributed by atoms with van der Waals surface area (Å²) in [6.07, 6.45) is 3.46. The summed E-state index contributed by atoms with van der Waals surface area (Å²) in [7, 11) is 0. The Bertz CT molecular complexity index is 958. The molecule has 1 aromatic carbocycles. The number of ketones is 1. The number of carbonyl (C=O) groups is 2. The predicted molar refractivity (Wildman–Crippen MR) is 87.9 cm³/mol. The number of fused-ring (bicyclic) bond motifs is 1. The van der Waals surface area contributed by atoms with E-state index in [0.717, 1.165) is 16.7 Å². The first-order valence-electron chi connectivity index (χ1n) is 7.39. The van der Waals surface area contributed by atoms with Crippen LogP contribution in [-0.2, 0) is 11.3 Å². The summed E-state index contributed by atoms with van der Waals surface area (Å²) >= 11 is 0. The number of hydrogen-bond acceptors (Lipinski definition) is 5. The number of carbonyl (C=O) groups excluding carboxylic acids is 1. The molecule has 3 rings (SSSR count).